The van der Waals surface area contributed by atoms with Crippen molar-refractivity contribution in [2.45, 2.75) is 25.9 Å². The molecule has 0 amide bonds. The van der Waals surface area contributed by atoms with Crippen LogP contribution in [0.1, 0.15) is 20.3 Å². The average molecular weight is 185 g/mol. The van der Waals surface area contributed by atoms with Gasteiger partial charge in [-0.25, -0.2) is 0 Å². The molecule has 2 aliphatic heterocycles. The molecule has 2 aliphatic rings. The van der Waals surface area contributed by atoms with Crippen LogP contribution in [0.15, 0.2) is 0 Å². The second-order valence-electron chi connectivity index (χ2n) is 5.34. The Hall–Kier alpha value is -0.120. The molecule has 0 spiro atoms. The average Bonchev–Trinajstić information content (AvgIpc) is 2.32. The first-order valence-corrected chi connectivity index (χ1v) is 5.02. The van der Waals surface area contributed by atoms with Gasteiger partial charge in [-0.15, -0.1) is 0 Å². The molecular formula is C10H19NO2. The molecule has 3 heteroatoms. The first-order valence-electron chi connectivity index (χ1n) is 5.02. The number of aliphatic hydroxyl groups is 1. The molecule has 0 aliphatic carbocycles. The third kappa shape index (κ3) is 2.03. The van der Waals surface area contributed by atoms with Gasteiger partial charge in [-0.2, -0.15) is 0 Å². The van der Waals surface area contributed by atoms with E-state index in [9.17, 15) is 5.11 Å². The van der Waals surface area contributed by atoms with Gasteiger partial charge in [0.15, 0.2) is 0 Å². The maximum absolute atomic E-state index is 10.0. The highest BCUT2D eigenvalue weighted by atomic mass is 16.5. The molecule has 0 radical (unpaired) electrons. The summed E-state index contributed by atoms with van der Waals surface area (Å²) in [7, 11) is 0. The molecule has 2 heterocycles. The largest absolute Gasteiger partial charge is 0.386 e. The van der Waals surface area contributed by atoms with E-state index in [1.165, 1.54) is 0 Å². The Morgan fingerprint density at radius 1 is 1.38 bits per heavy atom. The van der Waals surface area contributed by atoms with E-state index in [2.05, 4.69) is 18.7 Å². The Balaban J connectivity index is 1.79. The summed E-state index contributed by atoms with van der Waals surface area (Å²) in [4.78, 5) is 2.31. The van der Waals surface area contributed by atoms with Crippen molar-refractivity contribution in [2.75, 3.05) is 32.8 Å². The van der Waals surface area contributed by atoms with E-state index in [0.717, 1.165) is 26.1 Å². The van der Waals surface area contributed by atoms with Gasteiger partial charge in [0.05, 0.1) is 6.61 Å². The number of hydrogen-bond donors (Lipinski definition) is 1. The smallest absolute Gasteiger partial charge is 0.103 e. The van der Waals surface area contributed by atoms with Crippen molar-refractivity contribution in [2.24, 2.45) is 5.41 Å². The first-order chi connectivity index (χ1) is 5.99. The van der Waals surface area contributed by atoms with Crippen LogP contribution in [0.25, 0.3) is 0 Å². The first kappa shape index (κ1) is 9.44. The summed E-state index contributed by atoms with van der Waals surface area (Å²) in [5.74, 6) is 0. The lowest BCUT2D eigenvalue weighted by Crippen LogP contribution is -2.58. The van der Waals surface area contributed by atoms with Crippen molar-refractivity contribution in [3.05, 3.63) is 0 Å². The van der Waals surface area contributed by atoms with Gasteiger partial charge < -0.3 is 9.84 Å². The number of β-amino-alcohol motifs (C(OH)–C–C–N with tert-alkyl or cyclic N) is 1. The van der Waals surface area contributed by atoms with Gasteiger partial charge in [0.25, 0.3) is 0 Å². The fourth-order valence-corrected chi connectivity index (χ4v) is 2.41. The molecule has 2 saturated heterocycles. The van der Waals surface area contributed by atoms with E-state index in [1.54, 1.807) is 0 Å². The van der Waals surface area contributed by atoms with Gasteiger partial charge in [-0.1, -0.05) is 13.8 Å². The molecule has 2 rings (SSSR count). The van der Waals surface area contributed by atoms with Crippen LogP contribution in [0.2, 0.25) is 0 Å². The molecule has 3 nitrogen and oxygen atoms in total. The second-order valence-corrected chi connectivity index (χ2v) is 5.34. The van der Waals surface area contributed by atoms with Crippen molar-refractivity contribution in [3.8, 4) is 0 Å². The minimum absolute atomic E-state index is 0.454. The summed E-state index contributed by atoms with van der Waals surface area (Å²) in [5, 5.41) is 10.0. The summed E-state index contributed by atoms with van der Waals surface area (Å²) in [5.41, 5.74) is -0.105. The molecule has 0 aromatic rings. The third-order valence-electron chi connectivity index (χ3n) is 2.90. The highest BCUT2D eigenvalue weighted by Gasteiger charge is 2.41. The van der Waals surface area contributed by atoms with Crippen molar-refractivity contribution in [1.29, 1.82) is 0 Å². The van der Waals surface area contributed by atoms with Crippen molar-refractivity contribution in [3.63, 3.8) is 0 Å². The number of likely N-dealkylation sites (tertiary alicyclic amines) is 1. The van der Waals surface area contributed by atoms with Crippen LogP contribution in [0.3, 0.4) is 0 Å². The summed E-state index contributed by atoms with van der Waals surface area (Å²) >= 11 is 0. The lowest BCUT2D eigenvalue weighted by atomic mass is 9.83. The van der Waals surface area contributed by atoms with Gasteiger partial charge >= 0.3 is 0 Å². The Kier molecular flexibility index (Phi) is 2.13. The molecule has 1 N–H and O–H groups in total. The summed E-state index contributed by atoms with van der Waals surface area (Å²) in [6.07, 6.45) is 0.796. The maximum atomic E-state index is 10.0. The summed E-state index contributed by atoms with van der Waals surface area (Å²) in [6, 6.07) is 0. The minimum atomic E-state index is -0.559. The Bertz CT molecular complexity index is 189. The van der Waals surface area contributed by atoms with E-state index < -0.39 is 5.60 Å². The van der Waals surface area contributed by atoms with E-state index in [-0.39, 0.29) is 0 Å². The molecule has 13 heavy (non-hydrogen) atoms. The fourth-order valence-electron chi connectivity index (χ4n) is 2.41. The lowest BCUT2D eigenvalue weighted by molar-refractivity contribution is -0.0570. The van der Waals surface area contributed by atoms with Crippen molar-refractivity contribution >= 4 is 0 Å². The van der Waals surface area contributed by atoms with Crippen LogP contribution in [0.4, 0.5) is 0 Å². The summed E-state index contributed by atoms with van der Waals surface area (Å²) in [6.45, 7) is 8.76. The van der Waals surface area contributed by atoms with Gasteiger partial charge in [0, 0.05) is 32.7 Å². The quantitative estimate of drug-likeness (QED) is 0.679. The van der Waals surface area contributed by atoms with Gasteiger partial charge in [-0.05, 0) is 5.41 Å². The number of ether oxygens (including phenoxy) is 1. The van der Waals surface area contributed by atoms with E-state index >= 15 is 0 Å². The zero-order valence-electron chi connectivity index (χ0n) is 8.55. The molecule has 1 unspecified atom stereocenters. The standard InChI is InChI=1S/C10H19NO2/c1-9(2)5-11(6-9)7-10(12)3-4-13-8-10/h12H,3-8H2,1-2H3. The molecule has 0 saturated carbocycles. The molecule has 2 fully saturated rings. The third-order valence-corrected chi connectivity index (χ3v) is 2.90. The zero-order chi connectivity index (χ0) is 9.53. The Morgan fingerprint density at radius 2 is 2.08 bits per heavy atom. The van der Waals surface area contributed by atoms with E-state index in [1.807, 2.05) is 0 Å². The van der Waals surface area contributed by atoms with Crippen molar-refractivity contribution in [1.82, 2.24) is 4.90 Å². The Labute approximate surface area is 79.7 Å². The highest BCUT2D eigenvalue weighted by Crippen LogP contribution is 2.31. The zero-order valence-corrected chi connectivity index (χ0v) is 8.55. The van der Waals surface area contributed by atoms with E-state index in [0.29, 0.717) is 18.6 Å². The van der Waals surface area contributed by atoms with Crippen molar-refractivity contribution < 1.29 is 9.84 Å². The monoisotopic (exact) mass is 185 g/mol. The minimum Gasteiger partial charge on any atom is -0.386 e. The molecule has 1 atom stereocenters. The number of nitrogens with zero attached hydrogens (tertiary/aromatic N) is 1. The van der Waals surface area contributed by atoms with E-state index in [4.69, 9.17) is 4.74 Å². The van der Waals surface area contributed by atoms with Crippen LogP contribution < -0.4 is 0 Å². The molecule has 76 valence electrons. The van der Waals surface area contributed by atoms with Crippen LogP contribution in [-0.2, 0) is 4.74 Å². The predicted octanol–water partition coefficient (Wildman–Crippen LogP) is 0.480. The number of hydrogen-bond acceptors (Lipinski definition) is 3. The van der Waals surface area contributed by atoms with Crippen LogP contribution in [0.5, 0.6) is 0 Å². The molecule has 0 bridgehead atoms. The predicted molar refractivity (Wildman–Crippen MR) is 50.6 cm³/mol. The van der Waals surface area contributed by atoms with Gasteiger partial charge in [0.2, 0.25) is 0 Å². The molecule has 0 aromatic carbocycles. The summed E-state index contributed by atoms with van der Waals surface area (Å²) < 4.78 is 5.20. The second kappa shape index (κ2) is 2.94. The normalized spacial score (nSPS) is 39.0. The Morgan fingerprint density at radius 3 is 2.54 bits per heavy atom. The van der Waals surface area contributed by atoms with Crippen LogP contribution >= 0.6 is 0 Å². The van der Waals surface area contributed by atoms with Crippen LogP contribution in [0, 0.1) is 5.41 Å². The molecular weight excluding hydrogens is 166 g/mol. The maximum Gasteiger partial charge on any atom is 0.103 e. The SMILES string of the molecule is CC1(C)CN(CC2(O)CCOC2)C1. The van der Waals surface area contributed by atoms with Gasteiger partial charge in [-0.3, -0.25) is 4.90 Å². The highest BCUT2D eigenvalue weighted by molar-refractivity contribution is 4.94. The number of rotatable bonds is 2. The van der Waals surface area contributed by atoms with Crippen LogP contribution in [-0.4, -0.2) is 48.5 Å². The lowest BCUT2D eigenvalue weighted by Gasteiger charge is -2.48. The molecule has 0 aromatic heterocycles. The fraction of sp³-hybridized carbons (Fsp3) is 1.00. The topological polar surface area (TPSA) is 32.7 Å². The van der Waals surface area contributed by atoms with Gasteiger partial charge in [0.1, 0.15) is 5.60 Å².